The van der Waals surface area contributed by atoms with Crippen molar-refractivity contribution in [2.24, 2.45) is 16.5 Å². The molecular weight excluding hydrogens is 458 g/mol. The zero-order chi connectivity index (χ0) is 21.5. The second-order valence-electron chi connectivity index (χ2n) is 7.82. The number of anilines is 1. The van der Waals surface area contributed by atoms with Crippen molar-refractivity contribution >= 4 is 33.4 Å². The van der Waals surface area contributed by atoms with Crippen molar-refractivity contribution in [2.45, 2.75) is 25.2 Å². The summed E-state index contributed by atoms with van der Waals surface area (Å²) in [6, 6.07) is 14.6. The Morgan fingerprint density at radius 3 is 2.94 bits per heavy atom. The van der Waals surface area contributed by atoms with Crippen LogP contribution in [0.15, 0.2) is 58.1 Å². The van der Waals surface area contributed by atoms with Crippen LogP contribution in [0.1, 0.15) is 22.9 Å². The molecule has 2 aliphatic heterocycles. The lowest BCUT2D eigenvalue weighted by molar-refractivity contribution is 0.228. The molecule has 0 spiro atoms. The van der Waals surface area contributed by atoms with Crippen molar-refractivity contribution in [1.82, 2.24) is 15.1 Å². The number of rotatable bonds is 4. The lowest BCUT2D eigenvalue weighted by Gasteiger charge is -2.44. The third-order valence-electron chi connectivity index (χ3n) is 5.97. The maximum absolute atomic E-state index is 6.60. The Kier molecular flexibility index (Phi) is 5.07. The molecule has 2 atom stereocenters. The molecule has 2 unspecified atom stereocenters. The van der Waals surface area contributed by atoms with Crippen LogP contribution in [0.25, 0.3) is 0 Å². The van der Waals surface area contributed by atoms with Crippen LogP contribution in [-0.2, 0) is 13.0 Å². The first-order valence-corrected chi connectivity index (χ1v) is 10.9. The monoisotopic (exact) mass is 481 g/mol. The minimum Gasteiger partial charge on any atom is -0.496 e. The Morgan fingerprint density at radius 2 is 2.10 bits per heavy atom. The molecule has 0 saturated carbocycles. The van der Waals surface area contributed by atoms with Gasteiger partial charge in [-0.05, 0) is 36.2 Å². The van der Waals surface area contributed by atoms with Crippen molar-refractivity contribution in [3.8, 4) is 5.75 Å². The largest absolute Gasteiger partial charge is 0.496 e. The van der Waals surface area contributed by atoms with Crippen molar-refractivity contribution in [1.29, 1.82) is 0 Å². The maximum atomic E-state index is 6.60. The molecule has 5 N–H and O–H groups in total. The SMILES string of the molecule is COc1ccc(Br)cc1CN1CC(N2C(N)=Nc3[nH]ncc3C2N)Cc2ccccc21. The van der Waals surface area contributed by atoms with E-state index in [4.69, 9.17) is 16.2 Å². The molecule has 160 valence electrons. The van der Waals surface area contributed by atoms with Gasteiger partial charge in [-0.25, -0.2) is 0 Å². The highest BCUT2D eigenvalue weighted by molar-refractivity contribution is 9.10. The summed E-state index contributed by atoms with van der Waals surface area (Å²) in [4.78, 5) is 8.87. The number of hydrogen-bond donors (Lipinski definition) is 3. The molecule has 2 aliphatic rings. The van der Waals surface area contributed by atoms with Crippen LogP contribution in [0.3, 0.4) is 0 Å². The minimum atomic E-state index is -0.399. The molecule has 0 bridgehead atoms. The van der Waals surface area contributed by atoms with E-state index in [2.05, 4.69) is 66.4 Å². The zero-order valence-electron chi connectivity index (χ0n) is 17.1. The van der Waals surface area contributed by atoms with Gasteiger partial charge in [0.25, 0.3) is 0 Å². The van der Waals surface area contributed by atoms with Crippen molar-refractivity contribution in [2.75, 3.05) is 18.6 Å². The number of nitrogens with two attached hydrogens (primary N) is 2. The molecular formula is C22H24BrN7O. The van der Waals surface area contributed by atoms with Gasteiger partial charge in [-0.1, -0.05) is 34.1 Å². The number of H-pyrrole nitrogens is 1. The number of ether oxygens (including phenoxy) is 1. The van der Waals surface area contributed by atoms with Gasteiger partial charge in [-0.15, -0.1) is 0 Å². The average Bonchev–Trinajstić information content (AvgIpc) is 3.23. The first-order valence-electron chi connectivity index (χ1n) is 10.1. The third-order valence-corrected chi connectivity index (χ3v) is 6.47. The van der Waals surface area contributed by atoms with E-state index in [1.165, 1.54) is 11.3 Å². The smallest absolute Gasteiger partial charge is 0.199 e. The van der Waals surface area contributed by atoms with E-state index in [1.54, 1.807) is 13.3 Å². The predicted octanol–water partition coefficient (Wildman–Crippen LogP) is 3.03. The van der Waals surface area contributed by atoms with Gasteiger partial charge in [0.1, 0.15) is 11.9 Å². The van der Waals surface area contributed by atoms with Gasteiger partial charge in [-0.2, -0.15) is 10.1 Å². The number of nitrogens with one attached hydrogen (secondary N) is 1. The second-order valence-corrected chi connectivity index (χ2v) is 8.74. The van der Waals surface area contributed by atoms with Gasteiger partial charge in [0.2, 0.25) is 0 Å². The molecule has 9 heteroatoms. The summed E-state index contributed by atoms with van der Waals surface area (Å²) in [5, 5.41) is 6.94. The number of aromatic amines is 1. The molecule has 3 aromatic rings. The Hall–Kier alpha value is -3.04. The number of aliphatic imine (C=N–C) groups is 1. The maximum Gasteiger partial charge on any atom is 0.199 e. The van der Waals surface area contributed by atoms with E-state index in [0.717, 1.165) is 34.3 Å². The molecule has 0 radical (unpaired) electrons. The number of benzene rings is 2. The Morgan fingerprint density at radius 1 is 1.26 bits per heavy atom. The van der Waals surface area contributed by atoms with Crippen LogP contribution in [0, 0.1) is 0 Å². The normalized spacial score (nSPS) is 20.2. The van der Waals surface area contributed by atoms with Crippen molar-refractivity contribution in [3.63, 3.8) is 0 Å². The van der Waals surface area contributed by atoms with Crippen molar-refractivity contribution in [3.05, 3.63) is 69.8 Å². The van der Waals surface area contributed by atoms with E-state index in [-0.39, 0.29) is 6.04 Å². The van der Waals surface area contributed by atoms with Gasteiger partial charge in [-0.3, -0.25) is 5.10 Å². The Bertz CT molecular complexity index is 1140. The summed E-state index contributed by atoms with van der Waals surface area (Å²) in [7, 11) is 1.70. The summed E-state index contributed by atoms with van der Waals surface area (Å²) in [5.41, 5.74) is 17.4. The number of aromatic nitrogens is 2. The molecule has 1 aromatic heterocycles. The van der Waals surface area contributed by atoms with Gasteiger partial charge >= 0.3 is 0 Å². The van der Waals surface area contributed by atoms with Crippen LogP contribution >= 0.6 is 15.9 Å². The molecule has 0 amide bonds. The second kappa shape index (κ2) is 7.90. The molecule has 8 nitrogen and oxygen atoms in total. The fraction of sp³-hybridized carbons (Fsp3) is 0.273. The van der Waals surface area contributed by atoms with Crippen LogP contribution in [0.2, 0.25) is 0 Å². The quantitative estimate of drug-likeness (QED) is 0.528. The van der Waals surface area contributed by atoms with E-state index in [0.29, 0.717) is 18.3 Å². The van der Waals surface area contributed by atoms with E-state index < -0.39 is 6.17 Å². The summed E-state index contributed by atoms with van der Waals surface area (Å²) in [6.45, 7) is 1.46. The van der Waals surface area contributed by atoms with Gasteiger partial charge in [0, 0.05) is 28.8 Å². The summed E-state index contributed by atoms with van der Waals surface area (Å²) < 4.78 is 6.63. The summed E-state index contributed by atoms with van der Waals surface area (Å²) in [5.74, 6) is 1.91. The lowest BCUT2D eigenvalue weighted by Crippen LogP contribution is -2.56. The zero-order valence-corrected chi connectivity index (χ0v) is 18.7. The highest BCUT2D eigenvalue weighted by atomic mass is 79.9. The standard InChI is InChI=1S/C22H24BrN7O/c1-31-19-7-6-15(23)8-14(19)11-29-12-16(9-13-4-2-3-5-18(13)29)30-20(24)17-10-26-28-21(17)27-22(30)25/h2-8,10,16,20H,9,11-12,24H2,1H3,(H3,25,26,27,28). The summed E-state index contributed by atoms with van der Waals surface area (Å²) in [6.07, 6.45) is 2.16. The van der Waals surface area contributed by atoms with Crippen LogP contribution in [0.5, 0.6) is 5.75 Å². The van der Waals surface area contributed by atoms with E-state index in [9.17, 15) is 0 Å². The molecule has 3 heterocycles. The lowest BCUT2D eigenvalue weighted by atomic mass is 9.95. The fourth-order valence-corrected chi connectivity index (χ4v) is 4.96. The molecule has 2 aromatic carbocycles. The highest BCUT2D eigenvalue weighted by Gasteiger charge is 2.36. The fourth-order valence-electron chi connectivity index (χ4n) is 4.55. The number of fused-ring (bicyclic) bond motifs is 2. The molecule has 0 fully saturated rings. The van der Waals surface area contributed by atoms with Crippen molar-refractivity contribution < 1.29 is 4.74 Å². The molecule has 0 aliphatic carbocycles. The van der Waals surface area contributed by atoms with E-state index >= 15 is 0 Å². The number of para-hydroxylation sites is 1. The van der Waals surface area contributed by atoms with Gasteiger partial charge in [0.05, 0.1) is 24.9 Å². The van der Waals surface area contributed by atoms with Gasteiger partial charge in [0.15, 0.2) is 11.8 Å². The molecule has 0 saturated heterocycles. The molecule has 31 heavy (non-hydrogen) atoms. The molecule has 5 rings (SSSR count). The summed E-state index contributed by atoms with van der Waals surface area (Å²) >= 11 is 3.58. The average molecular weight is 482 g/mol. The van der Waals surface area contributed by atoms with Crippen LogP contribution < -0.4 is 21.1 Å². The first kappa shape index (κ1) is 19.9. The third kappa shape index (κ3) is 3.53. The first-order chi connectivity index (χ1) is 15.0. The number of nitrogens with zero attached hydrogens (tertiary/aromatic N) is 4. The Balaban J connectivity index is 1.50. The minimum absolute atomic E-state index is 0.0647. The topological polar surface area (TPSA) is 109 Å². The Labute approximate surface area is 189 Å². The number of hydrogen-bond acceptors (Lipinski definition) is 7. The number of guanidine groups is 1. The predicted molar refractivity (Wildman–Crippen MR) is 124 cm³/mol. The number of halogens is 1. The highest BCUT2D eigenvalue weighted by Crippen LogP contribution is 2.36. The van der Waals surface area contributed by atoms with Crippen LogP contribution in [0.4, 0.5) is 11.5 Å². The number of methoxy groups -OCH3 is 1. The van der Waals surface area contributed by atoms with Crippen LogP contribution in [-0.4, -0.2) is 40.8 Å². The van der Waals surface area contributed by atoms with E-state index in [1.807, 2.05) is 17.0 Å². The van der Waals surface area contributed by atoms with Gasteiger partial charge < -0.3 is 26.0 Å².